The van der Waals surface area contributed by atoms with Crippen LogP contribution in [0.25, 0.3) is 11.3 Å². The molecule has 1 aromatic heterocycles. The Hall–Kier alpha value is -2.33. The molecule has 3 rings (SSSR count). The van der Waals surface area contributed by atoms with Crippen molar-refractivity contribution in [2.45, 2.75) is 6.92 Å². The van der Waals surface area contributed by atoms with E-state index in [1.807, 2.05) is 42.8 Å². The molecule has 0 aliphatic rings. The molecule has 104 valence electrons. The Morgan fingerprint density at radius 3 is 2.62 bits per heavy atom. The van der Waals surface area contributed by atoms with E-state index in [0.717, 1.165) is 16.8 Å². The van der Waals surface area contributed by atoms with Gasteiger partial charge in [0.1, 0.15) is 5.82 Å². The fourth-order valence-corrected chi connectivity index (χ4v) is 2.60. The average molecular weight is 296 g/mol. The summed E-state index contributed by atoms with van der Waals surface area (Å²) < 4.78 is 12.9. The van der Waals surface area contributed by atoms with Crippen molar-refractivity contribution in [3.05, 3.63) is 70.9 Å². The van der Waals surface area contributed by atoms with Gasteiger partial charge in [-0.25, -0.2) is 14.4 Å². The van der Waals surface area contributed by atoms with Crippen LogP contribution >= 0.6 is 11.3 Å². The monoisotopic (exact) mass is 296 g/mol. The number of aromatic nitrogens is 1. The average Bonchev–Trinajstić information content (AvgIpc) is 2.96. The van der Waals surface area contributed by atoms with E-state index in [2.05, 4.69) is 9.98 Å². The molecule has 0 N–H and O–H groups in total. The van der Waals surface area contributed by atoms with Crippen molar-refractivity contribution in [2.24, 2.45) is 4.99 Å². The first kappa shape index (κ1) is 13.6. The highest BCUT2D eigenvalue weighted by Crippen LogP contribution is 2.26. The van der Waals surface area contributed by atoms with Crippen molar-refractivity contribution >= 4 is 22.7 Å². The van der Waals surface area contributed by atoms with Crippen molar-refractivity contribution in [2.75, 3.05) is 0 Å². The Morgan fingerprint density at radius 2 is 1.86 bits per heavy atom. The number of rotatable bonds is 3. The fourth-order valence-electron chi connectivity index (χ4n) is 1.93. The molecule has 0 atom stereocenters. The number of aryl methyl sites for hydroxylation is 1. The molecule has 2 nitrogen and oxygen atoms in total. The van der Waals surface area contributed by atoms with Gasteiger partial charge in [-0.15, -0.1) is 11.3 Å². The van der Waals surface area contributed by atoms with Gasteiger partial charge in [-0.2, -0.15) is 0 Å². The molecule has 0 aliphatic heterocycles. The lowest BCUT2D eigenvalue weighted by atomic mass is 10.1. The summed E-state index contributed by atoms with van der Waals surface area (Å²) in [6.07, 6.45) is 1.82. The summed E-state index contributed by atoms with van der Waals surface area (Å²) in [5.41, 5.74) is 3.97. The second-order valence-corrected chi connectivity index (χ2v) is 5.47. The zero-order valence-corrected chi connectivity index (χ0v) is 12.3. The standard InChI is InChI=1S/C17H13FN2S/c1-12-4-2-3-5-14(12)10-19-17-20-16(11-21-17)13-6-8-15(18)9-7-13/h2-11H,1H3/b19-10+. The van der Waals surface area contributed by atoms with Crippen molar-refractivity contribution in [1.29, 1.82) is 0 Å². The zero-order valence-electron chi connectivity index (χ0n) is 11.5. The molecule has 0 unspecified atom stereocenters. The highest BCUT2D eigenvalue weighted by atomic mass is 32.1. The van der Waals surface area contributed by atoms with Gasteiger partial charge in [0.15, 0.2) is 0 Å². The normalized spacial score (nSPS) is 11.1. The lowest BCUT2D eigenvalue weighted by Crippen LogP contribution is -1.84. The molecule has 2 aromatic carbocycles. The third-order valence-corrected chi connectivity index (χ3v) is 3.88. The molecule has 0 fully saturated rings. The fraction of sp³-hybridized carbons (Fsp3) is 0.0588. The van der Waals surface area contributed by atoms with Crippen molar-refractivity contribution in [3.8, 4) is 11.3 Å². The van der Waals surface area contributed by atoms with E-state index in [1.54, 1.807) is 12.1 Å². The van der Waals surface area contributed by atoms with Gasteiger partial charge < -0.3 is 0 Å². The van der Waals surface area contributed by atoms with Crippen molar-refractivity contribution < 1.29 is 4.39 Å². The number of halogens is 1. The molecule has 0 saturated heterocycles. The first-order chi connectivity index (χ1) is 10.2. The van der Waals surface area contributed by atoms with E-state index in [9.17, 15) is 4.39 Å². The largest absolute Gasteiger partial charge is 0.227 e. The highest BCUT2D eigenvalue weighted by molar-refractivity contribution is 7.13. The van der Waals surface area contributed by atoms with E-state index in [0.29, 0.717) is 5.13 Å². The third kappa shape index (κ3) is 3.23. The van der Waals surface area contributed by atoms with Crippen LogP contribution in [0.15, 0.2) is 58.9 Å². The van der Waals surface area contributed by atoms with Crippen LogP contribution in [0.4, 0.5) is 9.52 Å². The SMILES string of the molecule is Cc1ccccc1/C=N/c1nc(-c2ccc(F)cc2)cs1. The summed E-state index contributed by atoms with van der Waals surface area (Å²) in [4.78, 5) is 8.86. The van der Waals surface area contributed by atoms with Crippen LogP contribution in [-0.2, 0) is 0 Å². The Bertz CT molecular complexity index is 775. The molecule has 0 saturated carbocycles. The number of thiazole rings is 1. The quantitative estimate of drug-likeness (QED) is 0.624. The minimum absolute atomic E-state index is 0.244. The number of aliphatic imine (C=N–C) groups is 1. The number of benzene rings is 2. The topological polar surface area (TPSA) is 25.2 Å². The second-order valence-electron chi connectivity index (χ2n) is 4.64. The van der Waals surface area contributed by atoms with E-state index >= 15 is 0 Å². The van der Waals surface area contributed by atoms with Crippen LogP contribution < -0.4 is 0 Å². The maximum absolute atomic E-state index is 12.9. The van der Waals surface area contributed by atoms with Crippen LogP contribution in [0.1, 0.15) is 11.1 Å². The maximum atomic E-state index is 12.9. The van der Waals surface area contributed by atoms with Gasteiger partial charge in [0.25, 0.3) is 0 Å². The lowest BCUT2D eigenvalue weighted by molar-refractivity contribution is 0.628. The molecule has 4 heteroatoms. The summed E-state index contributed by atoms with van der Waals surface area (Å²) >= 11 is 1.47. The number of hydrogen-bond acceptors (Lipinski definition) is 3. The minimum atomic E-state index is -0.244. The summed E-state index contributed by atoms with van der Waals surface area (Å²) in [5.74, 6) is -0.244. The summed E-state index contributed by atoms with van der Waals surface area (Å²) in [7, 11) is 0. The molecule has 0 bridgehead atoms. The van der Waals surface area contributed by atoms with Gasteiger partial charge in [0.05, 0.1) is 5.69 Å². The van der Waals surface area contributed by atoms with Crippen molar-refractivity contribution in [1.82, 2.24) is 4.98 Å². The molecule has 0 radical (unpaired) electrons. The van der Waals surface area contributed by atoms with Gasteiger partial charge in [-0.05, 0) is 42.3 Å². The van der Waals surface area contributed by atoms with Crippen LogP contribution in [0.5, 0.6) is 0 Å². The molecular formula is C17H13FN2S. The van der Waals surface area contributed by atoms with E-state index in [-0.39, 0.29) is 5.82 Å². The van der Waals surface area contributed by atoms with Crippen LogP contribution in [0, 0.1) is 12.7 Å². The van der Waals surface area contributed by atoms with E-state index in [1.165, 1.54) is 29.0 Å². The maximum Gasteiger partial charge on any atom is 0.209 e. The van der Waals surface area contributed by atoms with Gasteiger partial charge in [0, 0.05) is 17.2 Å². The van der Waals surface area contributed by atoms with Crippen molar-refractivity contribution in [3.63, 3.8) is 0 Å². The van der Waals surface area contributed by atoms with Gasteiger partial charge in [-0.3, -0.25) is 0 Å². The molecule has 0 aliphatic carbocycles. The summed E-state index contributed by atoms with van der Waals surface area (Å²) in [5, 5.41) is 2.62. The molecule has 0 amide bonds. The molecule has 1 heterocycles. The predicted octanol–water partition coefficient (Wildman–Crippen LogP) is 5.01. The molecule has 21 heavy (non-hydrogen) atoms. The lowest BCUT2D eigenvalue weighted by Gasteiger charge is -1.97. The number of hydrogen-bond donors (Lipinski definition) is 0. The molecule has 0 spiro atoms. The molecular weight excluding hydrogens is 283 g/mol. The Kier molecular flexibility index (Phi) is 3.88. The van der Waals surface area contributed by atoms with Gasteiger partial charge in [-0.1, -0.05) is 24.3 Å². The zero-order chi connectivity index (χ0) is 14.7. The van der Waals surface area contributed by atoms with Gasteiger partial charge in [0.2, 0.25) is 5.13 Å². The Morgan fingerprint density at radius 1 is 1.10 bits per heavy atom. The van der Waals surface area contributed by atoms with Gasteiger partial charge >= 0.3 is 0 Å². The highest BCUT2D eigenvalue weighted by Gasteiger charge is 2.03. The first-order valence-corrected chi connectivity index (χ1v) is 7.41. The minimum Gasteiger partial charge on any atom is -0.227 e. The smallest absolute Gasteiger partial charge is 0.209 e. The molecule has 3 aromatic rings. The second kappa shape index (κ2) is 5.97. The summed E-state index contributed by atoms with van der Waals surface area (Å²) in [6, 6.07) is 14.4. The Balaban J connectivity index is 1.82. The van der Waals surface area contributed by atoms with Crippen LogP contribution in [0.3, 0.4) is 0 Å². The third-order valence-electron chi connectivity index (χ3n) is 3.13. The summed E-state index contributed by atoms with van der Waals surface area (Å²) in [6.45, 7) is 2.05. The Labute approximate surface area is 126 Å². The van der Waals surface area contributed by atoms with Crippen LogP contribution in [0.2, 0.25) is 0 Å². The van der Waals surface area contributed by atoms with Crippen LogP contribution in [-0.4, -0.2) is 11.2 Å². The van der Waals surface area contributed by atoms with E-state index in [4.69, 9.17) is 0 Å². The first-order valence-electron chi connectivity index (χ1n) is 6.53. The number of nitrogens with zero attached hydrogens (tertiary/aromatic N) is 2. The van der Waals surface area contributed by atoms with E-state index < -0.39 is 0 Å². The predicted molar refractivity (Wildman–Crippen MR) is 85.9 cm³/mol.